The summed E-state index contributed by atoms with van der Waals surface area (Å²) in [5.74, 6) is 1.41. The highest BCUT2D eigenvalue weighted by Crippen LogP contribution is 2.34. The monoisotopic (exact) mass is 292 g/mol. The molecule has 2 fully saturated rings. The zero-order valence-electron chi connectivity index (χ0n) is 13.0. The van der Waals surface area contributed by atoms with Crippen LogP contribution in [0.5, 0.6) is 0 Å². The van der Waals surface area contributed by atoms with Crippen LogP contribution in [-0.4, -0.2) is 39.7 Å². The maximum Gasteiger partial charge on any atom is 0.330 e. The Hall–Kier alpha value is -1.40. The van der Waals surface area contributed by atoms with Gasteiger partial charge in [-0.15, -0.1) is 0 Å². The van der Waals surface area contributed by atoms with E-state index in [-0.39, 0.29) is 11.2 Å². The van der Waals surface area contributed by atoms with E-state index in [1.807, 2.05) is 0 Å². The topological polar surface area (TPSA) is 59.3 Å². The molecule has 0 spiro atoms. The quantitative estimate of drug-likeness (QED) is 0.817. The van der Waals surface area contributed by atoms with E-state index in [4.69, 9.17) is 0 Å². The number of hydrogen-bond acceptors (Lipinski definition) is 4. The minimum Gasteiger partial charge on any atom is -0.316 e. The molecule has 2 aliphatic rings. The van der Waals surface area contributed by atoms with Crippen LogP contribution < -0.4 is 16.6 Å². The van der Waals surface area contributed by atoms with Crippen LogP contribution in [0.4, 0.5) is 0 Å². The number of aromatic nitrogens is 2. The van der Waals surface area contributed by atoms with Crippen molar-refractivity contribution in [3.05, 3.63) is 32.6 Å². The van der Waals surface area contributed by atoms with Gasteiger partial charge in [0.05, 0.1) is 0 Å². The molecule has 3 atom stereocenters. The number of nitrogens with one attached hydrogen (secondary N) is 1. The molecule has 0 aliphatic carbocycles. The van der Waals surface area contributed by atoms with Gasteiger partial charge < -0.3 is 5.32 Å². The fourth-order valence-electron chi connectivity index (χ4n) is 3.99. The Balaban J connectivity index is 1.87. The standard InChI is InChI=1S/C15H24N4O2/c1-4-13-12-7-16-6-10(12)8-19(13)9-11-5-14(20)18(3)15(21)17(11)2/h5,10,12-13,16H,4,6-9H2,1-3H3. The van der Waals surface area contributed by atoms with Gasteiger partial charge in [-0.2, -0.15) is 0 Å². The van der Waals surface area contributed by atoms with E-state index in [1.165, 1.54) is 7.05 Å². The molecular formula is C15H24N4O2. The summed E-state index contributed by atoms with van der Waals surface area (Å²) in [4.78, 5) is 26.3. The molecule has 0 saturated carbocycles. The lowest BCUT2D eigenvalue weighted by Gasteiger charge is -2.27. The van der Waals surface area contributed by atoms with Crippen molar-refractivity contribution < 1.29 is 0 Å². The highest BCUT2D eigenvalue weighted by atomic mass is 16.2. The van der Waals surface area contributed by atoms with Crippen molar-refractivity contribution >= 4 is 0 Å². The lowest BCUT2D eigenvalue weighted by Crippen LogP contribution is -2.41. The summed E-state index contributed by atoms with van der Waals surface area (Å²) in [5, 5.41) is 3.47. The summed E-state index contributed by atoms with van der Waals surface area (Å²) in [6.07, 6.45) is 1.11. The van der Waals surface area contributed by atoms with E-state index in [9.17, 15) is 9.59 Å². The van der Waals surface area contributed by atoms with Crippen LogP contribution >= 0.6 is 0 Å². The third-order valence-corrected chi connectivity index (χ3v) is 5.23. The van der Waals surface area contributed by atoms with Crippen LogP contribution in [0.25, 0.3) is 0 Å². The van der Waals surface area contributed by atoms with Crippen LogP contribution in [0.1, 0.15) is 19.0 Å². The molecule has 0 aromatic carbocycles. The number of nitrogens with zero attached hydrogens (tertiary/aromatic N) is 3. The zero-order valence-corrected chi connectivity index (χ0v) is 13.0. The first-order chi connectivity index (χ1) is 10.0. The Morgan fingerprint density at radius 1 is 1.24 bits per heavy atom. The molecule has 0 amide bonds. The zero-order chi connectivity index (χ0) is 15.1. The molecular weight excluding hydrogens is 268 g/mol. The van der Waals surface area contributed by atoms with Gasteiger partial charge >= 0.3 is 5.69 Å². The number of likely N-dealkylation sites (tertiary alicyclic amines) is 1. The molecule has 21 heavy (non-hydrogen) atoms. The lowest BCUT2D eigenvalue weighted by molar-refractivity contribution is 0.205. The molecule has 0 radical (unpaired) electrons. The third kappa shape index (κ3) is 2.36. The molecule has 1 aromatic heterocycles. The minimum atomic E-state index is -0.244. The molecule has 2 saturated heterocycles. The highest BCUT2D eigenvalue weighted by molar-refractivity contribution is 5.06. The highest BCUT2D eigenvalue weighted by Gasteiger charge is 2.43. The van der Waals surface area contributed by atoms with E-state index in [0.29, 0.717) is 24.4 Å². The van der Waals surface area contributed by atoms with Crippen LogP contribution in [0.3, 0.4) is 0 Å². The van der Waals surface area contributed by atoms with Crippen LogP contribution in [0.2, 0.25) is 0 Å². The summed E-state index contributed by atoms with van der Waals surface area (Å²) in [5.41, 5.74) is 0.350. The number of rotatable bonds is 3. The number of hydrogen-bond donors (Lipinski definition) is 1. The van der Waals surface area contributed by atoms with Crippen molar-refractivity contribution in [2.24, 2.45) is 25.9 Å². The molecule has 6 nitrogen and oxygen atoms in total. The van der Waals surface area contributed by atoms with Gasteiger partial charge in [-0.1, -0.05) is 6.92 Å². The van der Waals surface area contributed by atoms with Gasteiger partial charge in [0.15, 0.2) is 0 Å². The van der Waals surface area contributed by atoms with E-state index >= 15 is 0 Å². The Kier molecular flexibility index (Phi) is 3.75. The summed E-state index contributed by atoms with van der Waals surface area (Å²) >= 11 is 0. The molecule has 3 rings (SSSR count). The predicted molar refractivity (Wildman–Crippen MR) is 81.3 cm³/mol. The summed E-state index contributed by atoms with van der Waals surface area (Å²) in [6, 6.07) is 2.14. The van der Waals surface area contributed by atoms with E-state index < -0.39 is 0 Å². The second-order valence-corrected chi connectivity index (χ2v) is 6.36. The van der Waals surface area contributed by atoms with Gasteiger partial charge in [-0.25, -0.2) is 4.79 Å². The van der Waals surface area contributed by atoms with Crippen LogP contribution in [0.15, 0.2) is 15.7 Å². The van der Waals surface area contributed by atoms with Crippen molar-refractivity contribution in [3.8, 4) is 0 Å². The van der Waals surface area contributed by atoms with Gasteiger partial charge in [0, 0.05) is 45.0 Å². The third-order valence-electron chi connectivity index (χ3n) is 5.23. The summed E-state index contributed by atoms with van der Waals surface area (Å²) < 4.78 is 2.75. The Morgan fingerprint density at radius 2 is 2.00 bits per heavy atom. The van der Waals surface area contributed by atoms with Crippen LogP contribution in [-0.2, 0) is 20.6 Å². The Morgan fingerprint density at radius 3 is 2.71 bits per heavy atom. The first-order valence-corrected chi connectivity index (χ1v) is 7.73. The molecule has 3 unspecified atom stereocenters. The van der Waals surface area contributed by atoms with Crippen molar-refractivity contribution in [2.45, 2.75) is 25.9 Å². The Labute approximate surface area is 124 Å². The van der Waals surface area contributed by atoms with Gasteiger partial charge in [0.1, 0.15) is 0 Å². The van der Waals surface area contributed by atoms with Gasteiger partial charge in [0.2, 0.25) is 0 Å². The first-order valence-electron chi connectivity index (χ1n) is 7.73. The van der Waals surface area contributed by atoms with E-state index in [2.05, 4.69) is 17.1 Å². The second-order valence-electron chi connectivity index (χ2n) is 6.36. The molecule has 1 aromatic rings. The van der Waals surface area contributed by atoms with E-state index in [0.717, 1.165) is 36.3 Å². The van der Waals surface area contributed by atoms with Crippen molar-refractivity contribution in [2.75, 3.05) is 19.6 Å². The maximum atomic E-state index is 12.0. The first kappa shape index (κ1) is 14.5. The molecule has 0 bridgehead atoms. The smallest absolute Gasteiger partial charge is 0.316 e. The second kappa shape index (κ2) is 5.42. The van der Waals surface area contributed by atoms with Gasteiger partial charge in [0.25, 0.3) is 5.56 Å². The van der Waals surface area contributed by atoms with Gasteiger partial charge in [-0.3, -0.25) is 18.8 Å². The molecule has 6 heteroatoms. The average Bonchev–Trinajstić information content (AvgIpc) is 3.02. The average molecular weight is 292 g/mol. The largest absolute Gasteiger partial charge is 0.330 e. The minimum absolute atomic E-state index is 0.220. The van der Waals surface area contributed by atoms with E-state index in [1.54, 1.807) is 17.7 Å². The maximum absolute atomic E-state index is 12.0. The lowest BCUT2D eigenvalue weighted by atomic mass is 9.93. The van der Waals surface area contributed by atoms with Crippen molar-refractivity contribution in [3.63, 3.8) is 0 Å². The summed E-state index contributed by atoms with van der Waals surface area (Å²) in [6.45, 7) is 6.15. The van der Waals surface area contributed by atoms with Crippen molar-refractivity contribution in [1.29, 1.82) is 0 Å². The fourth-order valence-corrected chi connectivity index (χ4v) is 3.99. The Bertz CT molecular complexity index is 648. The number of fused-ring (bicyclic) bond motifs is 1. The molecule has 116 valence electrons. The fraction of sp³-hybridized carbons (Fsp3) is 0.733. The van der Waals surface area contributed by atoms with Crippen molar-refractivity contribution in [1.82, 2.24) is 19.4 Å². The predicted octanol–water partition coefficient (Wildman–Crippen LogP) is -0.486. The molecule has 2 aliphatic heterocycles. The molecule has 3 heterocycles. The van der Waals surface area contributed by atoms with Crippen LogP contribution in [0, 0.1) is 11.8 Å². The molecule has 1 N–H and O–H groups in total. The SMILES string of the molecule is CCC1C2CNCC2CN1Cc1cc(=O)n(C)c(=O)n1C. The summed E-state index contributed by atoms with van der Waals surface area (Å²) in [7, 11) is 3.27. The normalized spacial score (nSPS) is 29.0. The van der Waals surface area contributed by atoms with Gasteiger partial charge in [-0.05, 0) is 31.3 Å².